The van der Waals surface area contributed by atoms with Gasteiger partial charge in [-0.2, -0.15) is 0 Å². The highest BCUT2D eigenvalue weighted by Gasteiger charge is 2.08. The predicted octanol–water partition coefficient (Wildman–Crippen LogP) is 1.74. The lowest BCUT2D eigenvalue weighted by atomic mass is 10.1. The summed E-state index contributed by atoms with van der Waals surface area (Å²) in [6.45, 7) is 2.33. The number of carbonyl (C=O) groups excluding carboxylic acids is 1. The Labute approximate surface area is 104 Å². The summed E-state index contributed by atoms with van der Waals surface area (Å²) < 4.78 is 4.92. The first kappa shape index (κ1) is 13.9. The Bertz CT molecular complexity index is 507. The van der Waals surface area contributed by atoms with Gasteiger partial charge in [0.15, 0.2) is 0 Å². The Balaban J connectivity index is 3.14. The summed E-state index contributed by atoms with van der Waals surface area (Å²) in [5.41, 5.74) is 0.944. The van der Waals surface area contributed by atoms with Crippen molar-refractivity contribution in [3.05, 3.63) is 45.1 Å². The van der Waals surface area contributed by atoms with Crippen molar-refractivity contribution in [2.24, 2.45) is 0 Å². The van der Waals surface area contributed by atoms with Gasteiger partial charge >= 0.3 is 5.97 Å². The van der Waals surface area contributed by atoms with Crippen molar-refractivity contribution < 1.29 is 19.6 Å². The molecule has 0 radical (unpaired) electrons. The number of benzene rings is 1. The summed E-state index contributed by atoms with van der Waals surface area (Å²) >= 11 is 0. The van der Waals surface area contributed by atoms with Crippen LogP contribution in [0.1, 0.15) is 25.0 Å². The van der Waals surface area contributed by atoms with Crippen LogP contribution in [0.25, 0.3) is 6.08 Å². The van der Waals surface area contributed by atoms with E-state index in [0.29, 0.717) is 11.1 Å². The number of esters is 1. The molecule has 1 aromatic rings. The van der Waals surface area contributed by atoms with Crippen LogP contribution in [0, 0.1) is 10.1 Å². The molecule has 6 heteroatoms. The van der Waals surface area contributed by atoms with Gasteiger partial charge in [-0.1, -0.05) is 12.1 Å². The van der Waals surface area contributed by atoms with Gasteiger partial charge < -0.3 is 9.84 Å². The number of hydrogen-bond acceptors (Lipinski definition) is 5. The van der Waals surface area contributed by atoms with Crippen molar-refractivity contribution in [2.75, 3.05) is 0 Å². The van der Waals surface area contributed by atoms with Crippen molar-refractivity contribution in [1.29, 1.82) is 0 Å². The maximum Gasteiger partial charge on any atom is 0.308 e. The summed E-state index contributed by atoms with van der Waals surface area (Å²) in [7, 11) is 0. The summed E-state index contributed by atoms with van der Waals surface area (Å²) in [5, 5.41) is 19.6. The Morgan fingerprint density at radius 1 is 1.50 bits per heavy atom. The topological polar surface area (TPSA) is 89.7 Å². The molecule has 0 heterocycles. The normalized spacial score (nSPS) is 11.2. The first-order valence-electron chi connectivity index (χ1n) is 5.19. The molecule has 0 amide bonds. The van der Waals surface area contributed by atoms with Crippen LogP contribution in [0.2, 0.25) is 0 Å². The lowest BCUT2D eigenvalue weighted by Crippen LogP contribution is -2.04. The van der Waals surface area contributed by atoms with E-state index in [1.165, 1.54) is 26.0 Å². The smallest absolute Gasteiger partial charge is 0.308 e. The third kappa shape index (κ3) is 3.67. The van der Waals surface area contributed by atoms with E-state index >= 15 is 0 Å². The van der Waals surface area contributed by atoms with Gasteiger partial charge in [0.1, 0.15) is 5.75 Å². The lowest BCUT2D eigenvalue weighted by Gasteiger charge is -2.07. The maximum atomic E-state index is 10.9. The summed E-state index contributed by atoms with van der Waals surface area (Å²) in [5.74, 6) is -0.313. The summed E-state index contributed by atoms with van der Waals surface area (Å²) in [6.07, 6.45) is 1.36. The number of ether oxygens (including phenoxy) is 1. The number of rotatable bonds is 4. The zero-order valence-electron chi connectivity index (χ0n) is 10.0. The minimum atomic E-state index is -0.517. The number of carbonyl (C=O) groups is 1. The van der Waals surface area contributed by atoms with Crippen LogP contribution in [-0.4, -0.2) is 16.0 Å². The second kappa shape index (κ2) is 5.92. The molecule has 0 unspecified atom stereocenters. The molecule has 0 saturated carbocycles. The van der Waals surface area contributed by atoms with Gasteiger partial charge in [-0.25, -0.2) is 0 Å². The highest BCUT2D eigenvalue weighted by Crippen LogP contribution is 2.22. The molecule has 0 saturated heterocycles. The first-order valence-corrected chi connectivity index (χ1v) is 5.19. The average Bonchev–Trinajstić information content (AvgIpc) is 2.28. The van der Waals surface area contributed by atoms with Gasteiger partial charge in [0, 0.05) is 25.5 Å². The SMILES string of the molecule is CC(=O)Oc1cc(/C=C(\C)[N+](=O)[O-])ccc1CO. The van der Waals surface area contributed by atoms with Crippen LogP contribution in [0.3, 0.4) is 0 Å². The Hall–Kier alpha value is -2.21. The molecule has 0 aliphatic heterocycles. The monoisotopic (exact) mass is 251 g/mol. The molecule has 0 atom stereocenters. The zero-order chi connectivity index (χ0) is 13.7. The van der Waals surface area contributed by atoms with Crippen LogP contribution in [0.15, 0.2) is 23.9 Å². The molecule has 1 rings (SSSR count). The largest absolute Gasteiger partial charge is 0.426 e. The van der Waals surface area contributed by atoms with E-state index in [1.54, 1.807) is 12.1 Å². The maximum absolute atomic E-state index is 10.9. The molecule has 0 aliphatic carbocycles. The highest BCUT2D eigenvalue weighted by atomic mass is 16.6. The number of nitrogens with zero attached hydrogens (tertiary/aromatic N) is 1. The van der Waals surface area contributed by atoms with Crippen molar-refractivity contribution in [3.63, 3.8) is 0 Å². The highest BCUT2D eigenvalue weighted by molar-refractivity contribution is 5.70. The average molecular weight is 251 g/mol. The number of hydrogen-bond donors (Lipinski definition) is 1. The predicted molar refractivity (Wildman–Crippen MR) is 64.3 cm³/mol. The fourth-order valence-electron chi connectivity index (χ4n) is 1.34. The van der Waals surface area contributed by atoms with E-state index in [2.05, 4.69) is 0 Å². The molecular weight excluding hydrogens is 238 g/mol. The minimum absolute atomic E-state index is 0.0273. The van der Waals surface area contributed by atoms with Gasteiger partial charge in [0.2, 0.25) is 5.70 Å². The second-order valence-corrected chi connectivity index (χ2v) is 3.66. The Kier molecular flexibility index (Phi) is 4.56. The van der Waals surface area contributed by atoms with Gasteiger partial charge in [-0.3, -0.25) is 14.9 Å². The molecule has 0 fully saturated rings. The van der Waals surface area contributed by atoms with Gasteiger partial charge in [0.25, 0.3) is 0 Å². The second-order valence-electron chi connectivity index (χ2n) is 3.66. The van der Waals surface area contributed by atoms with E-state index in [4.69, 9.17) is 9.84 Å². The molecule has 0 bridgehead atoms. The quantitative estimate of drug-likeness (QED) is 0.381. The molecule has 6 nitrogen and oxygen atoms in total. The molecule has 0 aliphatic rings. The molecule has 0 aromatic heterocycles. The fraction of sp³-hybridized carbons (Fsp3) is 0.250. The zero-order valence-corrected chi connectivity index (χ0v) is 10.0. The van der Waals surface area contributed by atoms with Crippen LogP contribution < -0.4 is 4.74 Å². The van der Waals surface area contributed by atoms with E-state index in [9.17, 15) is 14.9 Å². The third-order valence-electron chi connectivity index (χ3n) is 2.18. The van der Waals surface area contributed by atoms with Crippen LogP contribution in [0.4, 0.5) is 0 Å². The fourth-order valence-corrected chi connectivity index (χ4v) is 1.34. The molecular formula is C12H13NO5. The van der Waals surface area contributed by atoms with Crippen LogP contribution >= 0.6 is 0 Å². The molecule has 18 heavy (non-hydrogen) atoms. The summed E-state index contributed by atoms with van der Waals surface area (Å²) in [4.78, 5) is 20.9. The van der Waals surface area contributed by atoms with Crippen LogP contribution in [0.5, 0.6) is 5.75 Å². The molecule has 1 aromatic carbocycles. The standard InChI is InChI=1S/C12H13NO5/c1-8(13(16)17)5-10-3-4-11(7-14)12(6-10)18-9(2)15/h3-6,14H,7H2,1-2H3/b8-5+. The van der Waals surface area contributed by atoms with Gasteiger partial charge in [-0.05, 0) is 11.6 Å². The lowest BCUT2D eigenvalue weighted by molar-refractivity contribution is -0.422. The molecule has 96 valence electrons. The number of nitro groups is 1. The number of allylic oxidation sites excluding steroid dienone is 1. The van der Waals surface area contributed by atoms with Crippen molar-refractivity contribution in [2.45, 2.75) is 20.5 Å². The van der Waals surface area contributed by atoms with Crippen molar-refractivity contribution in [1.82, 2.24) is 0 Å². The van der Waals surface area contributed by atoms with Crippen LogP contribution in [-0.2, 0) is 11.4 Å². The number of aliphatic hydroxyl groups is 1. The Morgan fingerprint density at radius 2 is 2.17 bits per heavy atom. The number of aliphatic hydroxyl groups excluding tert-OH is 1. The molecule has 0 spiro atoms. The minimum Gasteiger partial charge on any atom is -0.426 e. The van der Waals surface area contributed by atoms with Crippen molar-refractivity contribution in [3.8, 4) is 5.75 Å². The van der Waals surface area contributed by atoms with E-state index in [0.717, 1.165) is 0 Å². The third-order valence-corrected chi connectivity index (χ3v) is 2.18. The van der Waals surface area contributed by atoms with E-state index in [1.807, 2.05) is 0 Å². The van der Waals surface area contributed by atoms with Crippen molar-refractivity contribution >= 4 is 12.0 Å². The molecule has 1 N–H and O–H groups in total. The van der Waals surface area contributed by atoms with Gasteiger partial charge in [-0.15, -0.1) is 0 Å². The Morgan fingerprint density at radius 3 is 2.67 bits per heavy atom. The first-order chi connectivity index (χ1) is 8.43. The van der Waals surface area contributed by atoms with Gasteiger partial charge in [0.05, 0.1) is 11.5 Å². The summed E-state index contributed by atoms with van der Waals surface area (Å²) in [6, 6.07) is 4.63. The van der Waals surface area contributed by atoms with E-state index in [-0.39, 0.29) is 18.1 Å². The van der Waals surface area contributed by atoms with E-state index < -0.39 is 10.9 Å².